The van der Waals surface area contributed by atoms with Crippen LogP contribution in [0.15, 0.2) is 42.5 Å². The van der Waals surface area contributed by atoms with E-state index in [0.717, 1.165) is 29.0 Å². The molecule has 0 bridgehead atoms. The molecule has 0 aliphatic heterocycles. The highest BCUT2D eigenvalue weighted by Crippen LogP contribution is 2.25. The van der Waals surface area contributed by atoms with Gasteiger partial charge in [0, 0.05) is 5.56 Å². The lowest BCUT2D eigenvalue weighted by Gasteiger charge is -2.22. The van der Waals surface area contributed by atoms with Crippen molar-refractivity contribution in [2.45, 2.75) is 40.2 Å². The van der Waals surface area contributed by atoms with Gasteiger partial charge in [0.2, 0.25) is 0 Å². The molecule has 0 aliphatic carbocycles. The minimum atomic E-state index is -0.0717. The number of hydrogen-bond donors (Lipinski definition) is 1. The molecule has 140 valence electrons. The molecule has 0 aromatic heterocycles. The van der Waals surface area contributed by atoms with E-state index in [1.165, 1.54) is 0 Å². The summed E-state index contributed by atoms with van der Waals surface area (Å²) < 4.78 is 10.8. The maximum Gasteiger partial charge on any atom is 0.251 e. The zero-order valence-electron chi connectivity index (χ0n) is 16.3. The Morgan fingerprint density at radius 2 is 1.81 bits per heavy atom. The van der Waals surface area contributed by atoms with Gasteiger partial charge in [0.1, 0.15) is 11.5 Å². The van der Waals surface area contributed by atoms with Crippen molar-refractivity contribution < 1.29 is 14.3 Å². The number of hydrogen-bond acceptors (Lipinski definition) is 3. The lowest BCUT2D eigenvalue weighted by molar-refractivity contribution is 0.0932. The Kier molecular flexibility index (Phi) is 7.07. The molecule has 1 atom stereocenters. The molecule has 2 aromatic rings. The van der Waals surface area contributed by atoms with Gasteiger partial charge in [-0.05, 0) is 67.6 Å². The van der Waals surface area contributed by atoms with E-state index in [1.807, 2.05) is 56.3 Å². The quantitative estimate of drug-likeness (QED) is 0.731. The minimum Gasteiger partial charge on any atom is -0.497 e. The Hall–Kier alpha value is -2.49. The summed E-state index contributed by atoms with van der Waals surface area (Å²) in [5, 5.41) is 3.18. The third kappa shape index (κ3) is 5.25. The van der Waals surface area contributed by atoms with Gasteiger partial charge in [-0.2, -0.15) is 0 Å². The average molecular weight is 355 g/mol. The smallest absolute Gasteiger partial charge is 0.251 e. The highest BCUT2D eigenvalue weighted by molar-refractivity contribution is 5.94. The Morgan fingerprint density at radius 3 is 2.35 bits per heavy atom. The van der Waals surface area contributed by atoms with Crippen molar-refractivity contribution in [3.63, 3.8) is 0 Å². The van der Waals surface area contributed by atoms with Gasteiger partial charge in [0.05, 0.1) is 19.8 Å². The third-order valence-electron chi connectivity index (χ3n) is 4.27. The zero-order valence-corrected chi connectivity index (χ0v) is 16.3. The summed E-state index contributed by atoms with van der Waals surface area (Å²) in [5.74, 6) is 2.02. The van der Waals surface area contributed by atoms with Crippen LogP contribution < -0.4 is 14.8 Å². The largest absolute Gasteiger partial charge is 0.497 e. The second-order valence-electron chi connectivity index (χ2n) is 6.84. The summed E-state index contributed by atoms with van der Waals surface area (Å²) in [4.78, 5) is 12.8. The molecule has 0 spiro atoms. The van der Waals surface area contributed by atoms with E-state index in [9.17, 15) is 4.79 Å². The van der Waals surface area contributed by atoms with Crippen LogP contribution in [-0.2, 0) is 0 Å². The van der Waals surface area contributed by atoms with Crippen LogP contribution in [0, 0.1) is 12.8 Å². The topological polar surface area (TPSA) is 47.6 Å². The minimum absolute atomic E-state index is 0.0414. The summed E-state index contributed by atoms with van der Waals surface area (Å²) in [5.41, 5.74) is 2.69. The molecule has 0 saturated carbocycles. The Bertz CT molecular complexity index is 723. The number of benzene rings is 2. The molecule has 4 nitrogen and oxygen atoms in total. The van der Waals surface area contributed by atoms with E-state index < -0.39 is 0 Å². The van der Waals surface area contributed by atoms with E-state index in [2.05, 4.69) is 19.2 Å². The number of methoxy groups -OCH3 is 1. The monoisotopic (exact) mass is 355 g/mol. The number of rotatable bonds is 8. The van der Waals surface area contributed by atoms with Crippen LogP contribution in [0.3, 0.4) is 0 Å². The van der Waals surface area contributed by atoms with Crippen molar-refractivity contribution >= 4 is 5.91 Å². The second-order valence-corrected chi connectivity index (χ2v) is 6.84. The van der Waals surface area contributed by atoms with Crippen LogP contribution in [-0.4, -0.2) is 19.6 Å². The Balaban J connectivity index is 2.18. The first-order valence-electron chi connectivity index (χ1n) is 9.12. The Labute approximate surface area is 156 Å². The lowest BCUT2D eigenvalue weighted by atomic mass is 9.96. The number of carbonyl (C=O) groups excluding carboxylic acids is 1. The molecule has 0 saturated heterocycles. The zero-order chi connectivity index (χ0) is 19.1. The van der Waals surface area contributed by atoms with Crippen LogP contribution in [0.4, 0.5) is 0 Å². The van der Waals surface area contributed by atoms with Crippen molar-refractivity contribution in [1.82, 2.24) is 5.32 Å². The molecule has 1 unspecified atom stereocenters. The Morgan fingerprint density at radius 1 is 1.12 bits per heavy atom. The summed E-state index contributed by atoms with van der Waals surface area (Å²) in [7, 11) is 1.65. The predicted molar refractivity (Wildman–Crippen MR) is 105 cm³/mol. The van der Waals surface area contributed by atoms with E-state index in [1.54, 1.807) is 7.11 Å². The van der Waals surface area contributed by atoms with Crippen LogP contribution in [0.1, 0.15) is 54.7 Å². The van der Waals surface area contributed by atoms with Gasteiger partial charge in [0.25, 0.3) is 5.91 Å². The van der Waals surface area contributed by atoms with E-state index in [0.29, 0.717) is 18.1 Å². The van der Waals surface area contributed by atoms with Crippen molar-refractivity contribution in [1.29, 1.82) is 0 Å². The SMILES string of the molecule is CCOc1ccc(C(=O)NC(CC(C)C)c2ccc(OC)cc2)cc1C. The first kappa shape index (κ1) is 19.8. The molecular weight excluding hydrogens is 326 g/mol. The van der Waals surface area contributed by atoms with Gasteiger partial charge >= 0.3 is 0 Å². The van der Waals surface area contributed by atoms with Crippen LogP contribution in [0.5, 0.6) is 11.5 Å². The fourth-order valence-corrected chi connectivity index (χ4v) is 2.94. The van der Waals surface area contributed by atoms with Crippen LogP contribution in [0.25, 0.3) is 0 Å². The highest BCUT2D eigenvalue weighted by atomic mass is 16.5. The van der Waals surface area contributed by atoms with Gasteiger partial charge in [-0.3, -0.25) is 4.79 Å². The molecule has 26 heavy (non-hydrogen) atoms. The van der Waals surface area contributed by atoms with E-state index >= 15 is 0 Å². The van der Waals surface area contributed by atoms with Crippen molar-refractivity contribution in [2.24, 2.45) is 5.92 Å². The fourth-order valence-electron chi connectivity index (χ4n) is 2.94. The highest BCUT2D eigenvalue weighted by Gasteiger charge is 2.18. The first-order valence-corrected chi connectivity index (χ1v) is 9.12. The summed E-state index contributed by atoms with van der Waals surface area (Å²) >= 11 is 0. The molecule has 1 N–H and O–H groups in total. The van der Waals surface area contributed by atoms with Crippen molar-refractivity contribution in [3.8, 4) is 11.5 Å². The third-order valence-corrected chi connectivity index (χ3v) is 4.27. The number of aryl methyl sites for hydroxylation is 1. The number of carbonyl (C=O) groups is 1. The average Bonchev–Trinajstić information content (AvgIpc) is 2.62. The van der Waals surface area contributed by atoms with Gasteiger partial charge in [-0.15, -0.1) is 0 Å². The fraction of sp³-hybridized carbons (Fsp3) is 0.409. The van der Waals surface area contributed by atoms with Crippen LogP contribution >= 0.6 is 0 Å². The molecule has 0 heterocycles. The summed E-state index contributed by atoms with van der Waals surface area (Å²) in [6.45, 7) is 8.83. The normalized spacial score (nSPS) is 11.9. The molecule has 0 radical (unpaired) electrons. The van der Waals surface area contributed by atoms with Crippen molar-refractivity contribution in [3.05, 3.63) is 59.2 Å². The predicted octanol–water partition coefficient (Wildman–Crippen LogP) is 4.92. The molecular formula is C22H29NO3. The first-order chi connectivity index (χ1) is 12.4. The second kappa shape index (κ2) is 9.27. The van der Waals surface area contributed by atoms with Gasteiger partial charge < -0.3 is 14.8 Å². The van der Waals surface area contributed by atoms with Crippen molar-refractivity contribution in [2.75, 3.05) is 13.7 Å². The van der Waals surface area contributed by atoms with E-state index in [-0.39, 0.29) is 11.9 Å². The number of ether oxygens (including phenoxy) is 2. The molecule has 2 aromatic carbocycles. The molecule has 2 rings (SSSR count). The number of amides is 1. The summed E-state index contributed by atoms with van der Waals surface area (Å²) in [6.07, 6.45) is 0.869. The van der Waals surface area contributed by atoms with Gasteiger partial charge in [-0.25, -0.2) is 0 Å². The molecule has 4 heteroatoms. The molecule has 0 fully saturated rings. The van der Waals surface area contributed by atoms with E-state index in [4.69, 9.17) is 9.47 Å². The molecule has 0 aliphatic rings. The summed E-state index contributed by atoms with van der Waals surface area (Å²) in [6, 6.07) is 13.4. The van der Waals surface area contributed by atoms with Gasteiger partial charge in [-0.1, -0.05) is 26.0 Å². The maximum absolute atomic E-state index is 12.8. The van der Waals surface area contributed by atoms with Crippen LogP contribution in [0.2, 0.25) is 0 Å². The van der Waals surface area contributed by atoms with Gasteiger partial charge in [0.15, 0.2) is 0 Å². The maximum atomic E-state index is 12.8. The number of nitrogens with one attached hydrogen (secondary N) is 1. The standard InChI is InChI=1S/C22H29NO3/c1-6-26-21-12-9-18(14-16(21)4)22(24)23-20(13-15(2)3)17-7-10-19(25-5)11-8-17/h7-12,14-15,20H,6,13H2,1-5H3,(H,23,24). The molecule has 1 amide bonds. The lowest BCUT2D eigenvalue weighted by Crippen LogP contribution is -2.29.